The zero-order chi connectivity index (χ0) is 16.4. The van der Waals surface area contributed by atoms with Gasteiger partial charge in [-0.3, -0.25) is 14.6 Å². The van der Waals surface area contributed by atoms with Crippen molar-refractivity contribution in [3.05, 3.63) is 34.6 Å². The summed E-state index contributed by atoms with van der Waals surface area (Å²) in [5.41, 5.74) is 0.923. The first-order valence-electron chi connectivity index (χ1n) is 8.12. The third-order valence-electron chi connectivity index (χ3n) is 5.14. The van der Waals surface area contributed by atoms with E-state index in [1.807, 2.05) is 6.07 Å². The normalized spacial score (nSPS) is 27.0. The van der Waals surface area contributed by atoms with Crippen molar-refractivity contribution >= 4 is 17.5 Å². The maximum absolute atomic E-state index is 13.5. The number of amides is 1. The van der Waals surface area contributed by atoms with Crippen LogP contribution < -0.4 is 5.32 Å². The third-order valence-corrected chi connectivity index (χ3v) is 5.36. The highest BCUT2D eigenvalue weighted by atomic mass is 35.5. The minimum Gasteiger partial charge on any atom is -0.356 e. The van der Waals surface area contributed by atoms with Crippen molar-refractivity contribution < 1.29 is 9.18 Å². The third kappa shape index (κ3) is 3.84. The van der Waals surface area contributed by atoms with Gasteiger partial charge in [-0.2, -0.15) is 0 Å². The Balaban J connectivity index is 1.73. The molecule has 1 amide bonds. The summed E-state index contributed by atoms with van der Waals surface area (Å²) < 4.78 is 13.5. The number of benzene rings is 1. The van der Waals surface area contributed by atoms with Crippen LogP contribution in [-0.2, 0) is 11.3 Å². The molecule has 2 fully saturated rings. The number of nitrogens with zero attached hydrogens (tertiary/aromatic N) is 2. The van der Waals surface area contributed by atoms with E-state index >= 15 is 0 Å². The number of likely N-dealkylation sites (N-methyl/N-ethyl adjacent to an activating group) is 1. The molecule has 126 valence electrons. The van der Waals surface area contributed by atoms with Gasteiger partial charge >= 0.3 is 0 Å². The van der Waals surface area contributed by atoms with E-state index in [9.17, 15) is 9.18 Å². The average molecular weight is 340 g/mol. The van der Waals surface area contributed by atoms with Gasteiger partial charge in [-0.15, -0.1) is 0 Å². The molecule has 1 N–H and O–H groups in total. The summed E-state index contributed by atoms with van der Waals surface area (Å²) >= 11 is 5.96. The lowest BCUT2D eigenvalue weighted by Crippen LogP contribution is -2.60. The predicted molar refractivity (Wildman–Crippen MR) is 88.9 cm³/mol. The molecule has 0 bridgehead atoms. The van der Waals surface area contributed by atoms with Crippen molar-refractivity contribution in [2.24, 2.45) is 0 Å². The van der Waals surface area contributed by atoms with Gasteiger partial charge in [0.1, 0.15) is 5.82 Å². The van der Waals surface area contributed by atoms with E-state index in [2.05, 4.69) is 22.2 Å². The molecule has 1 aromatic carbocycles. The summed E-state index contributed by atoms with van der Waals surface area (Å²) in [6.45, 7) is 4.20. The SMILES string of the molecule is CN1CCN(Cc2cc(F)cc(Cl)c2)CC12CCNC(=O)CC2. The number of halogens is 2. The van der Waals surface area contributed by atoms with Crippen LogP contribution in [0.2, 0.25) is 5.02 Å². The Morgan fingerprint density at radius 1 is 1.30 bits per heavy atom. The van der Waals surface area contributed by atoms with E-state index in [4.69, 9.17) is 11.6 Å². The van der Waals surface area contributed by atoms with E-state index in [0.29, 0.717) is 18.0 Å². The van der Waals surface area contributed by atoms with Crippen molar-refractivity contribution in [1.82, 2.24) is 15.1 Å². The molecule has 2 saturated heterocycles. The average Bonchev–Trinajstić information content (AvgIpc) is 2.65. The van der Waals surface area contributed by atoms with Gasteiger partial charge in [0.25, 0.3) is 0 Å². The van der Waals surface area contributed by atoms with Crippen molar-refractivity contribution in [2.75, 3.05) is 33.2 Å². The summed E-state index contributed by atoms with van der Waals surface area (Å²) in [5.74, 6) is -0.148. The van der Waals surface area contributed by atoms with E-state index in [0.717, 1.165) is 44.6 Å². The first kappa shape index (κ1) is 16.7. The second-order valence-corrected chi connectivity index (χ2v) is 7.17. The molecule has 3 rings (SSSR count). The molecule has 2 heterocycles. The molecule has 1 atom stereocenters. The largest absolute Gasteiger partial charge is 0.356 e. The number of piperazine rings is 1. The Morgan fingerprint density at radius 2 is 2.13 bits per heavy atom. The Labute approximate surface area is 141 Å². The topological polar surface area (TPSA) is 35.6 Å². The maximum atomic E-state index is 13.5. The molecule has 4 nitrogen and oxygen atoms in total. The lowest BCUT2D eigenvalue weighted by atomic mass is 9.86. The summed E-state index contributed by atoms with van der Waals surface area (Å²) in [6.07, 6.45) is 2.40. The van der Waals surface area contributed by atoms with Gasteiger partial charge in [0, 0.05) is 49.7 Å². The number of carbonyl (C=O) groups is 1. The van der Waals surface area contributed by atoms with Crippen LogP contribution in [0.15, 0.2) is 18.2 Å². The molecule has 0 saturated carbocycles. The molecule has 0 aromatic heterocycles. The van der Waals surface area contributed by atoms with Gasteiger partial charge < -0.3 is 5.32 Å². The van der Waals surface area contributed by atoms with Crippen LogP contribution in [0.3, 0.4) is 0 Å². The predicted octanol–water partition coefficient (Wildman–Crippen LogP) is 2.27. The molecule has 6 heteroatoms. The quantitative estimate of drug-likeness (QED) is 0.897. The Kier molecular flexibility index (Phi) is 4.90. The lowest BCUT2D eigenvalue weighted by molar-refractivity contribution is -0.121. The molecular formula is C17H23ClFN3O. The molecule has 1 aromatic rings. The minimum absolute atomic E-state index is 0.0224. The Hall–Kier alpha value is -1.17. The smallest absolute Gasteiger partial charge is 0.220 e. The highest BCUT2D eigenvalue weighted by Gasteiger charge is 2.40. The summed E-state index contributed by atoms with van der Waals surface area (Å²) in [7, 11) is 2.15. The van der Waals surface area contributed by atoms with Gasteiger partial charge in [-0.25, -0.2) is 4.39 Å². The van der Waals surface area contributed by atoms with Crippen molar-refractivity contribution in [3.8, 4) is 0 Å². The van der Waals surface area contributed by atoms with E-state index in [-0.39, 0.29) is 17.3 Å². The molecule has 2 aliphatic rings. The van der Waals surface area contributed by atoms with Crippen LogP contribution in [-0.4, -0.2) is 54.5 Å². The van der Waals surface area contributed by atoms with Gasteiger partial charge in [0.05, 0.1) is 0 Å². The summed E-state index contributed by atoms with van der Waals surface area (Å²) in [4.78, 5) is 16.4. The fourth-order valence-corrected chi connectivity index (χ4v) is 4.02. The number of nitrogens with one attached hydrogen (secondary N) is 1. The Bertz CT molecular complexity index is 577. The molecule has 2 aliphatic heterocycles. The van der Waals surface area contributed by atoms with E-state index < -0.39 is 0 Å². The molecule has 0 aliphatic carbocycles. The molecule has 0 radical (unpaired) electrons. The van der Waals surface area contributed by atoms with Gasteiger partial charge in [0.15, 0.2) is 0 Å². The molecular weight excluding hydrogens is 317 g/mol. The second-order valence-electron chi connectivity index (χ2n) is 6.73. The second kappa shape index (κ2) is 6.75. The van der Waals surface area contributed by atoms with Crippen LogP contribution in [0.5, 0.6) is 0 Å². The van der Waals surface area contributed by atoms with Crippen molar-refractivity contribution in [3.63, 3.8) is 0 Å². The number of carbonyl (C=O) groups excluding carboxylic acids is 1. The van der Waals surface area contributed by atoms with Gasteiger partial charge in [-0.05, 0) is 43.7 Å². The summed E-state index contributed by atoms with van der Waals surface area (Å²) in [5, 5.41) is 3.40. The highest BCUT2D eigenvalue weighted by molar-refractivity contribution is 6.30. The number of hydrogen-bond donors (Lipinski definition) is 1. The lowest BCUT2D eigenvalue weighted by Gasteiger charge is -2.49. The molecule has 1 spiro atoms. The van der Waals surface area contributed by atoms with Crippen molar-refractivity contribution in [2.45, 2.75) is 31.3 Å². The first-order chi connectivity index (χ1) is 11.0. The van der Waals surface area contributed by atoms with Crippen LogP contribution in [0, 0.1) is 5.82 Å². The number of hydrogen-bond acceptors (Lipinski definition) is 3. The number of rotatable bonds is 2. The van der Waals surface area contributed by atoms with Crippen LogP contribution in [0.1, 0.15) is 24.8 Å². The monoisotopic (exact) mass is 339 g/mol. The van der Waals surface area contributed by atoms with Gasteiger partial charge in [-0.1, -0.05) is 11.6 Å². The van der Waals surface area contributed by atoms with Crippen molar-refractivity contribution in [1.29, 1.82) is 0 Å². The zero-order valence-corrected chi connectivity index (χ0v) is 14.2. The van der Waals surface area contributed by atoms with E-state index in [1.165, 1.54) is 6.07 Å². The zero-order valence-electron chi connectivity index (χ0n) is 13.4. The fourth-order valence-electron chi connectivity index (χ4n) is 3.77. The maximum Gasteiger partial charge on any atom is 0.220 e. The summed E-state index contributed by atoms with van der Waals surface area (Å²) in [6, 6.07) is 4.71. The minimum atomic E-state index is -0.291. The standard InChI is InChI=1S/C17H23ClFN3O/c1-21-6-7-22(11-13-8-14(18)10-15(19)9-13)12-17(21)3-2-16(23)20-5-4-17/h8-10H,2-7,11-12H2,1H3,(H,20,23). The highest BCUT2D eigenvalue weighted by Crippen LogP contribution is 2.31. The van der Waals surface area contributed by atoms with Crippen LogP contribution in [0.4, 0.5) is 4.39 Å². The molecule has 23 heavy (non-hydrogen) atoms. The van der Waals surface area contributed by atoms with E-state index in [1.54, 1.807) is 6.07 Å². The Morgan fingerprint density at radius 3 is 2.91 bits per heavy atom. The van der Waals surface area contributed by atoms with Gasteiger partial charge in [0.2, 0.25) is 5.91 Å². The fraction of sp³-hybridized carbons (Fsp3) is 0.588. The van der Waals surface area contributed by atoms with Crippen LogP contribution >= 0.6 is 11.6 Å². The molecule has 1 unspecified atom stereocenters. The van der Waals surface area contributed by atoms with Crippen LogP contribution in [0.25, 0.3) is 0 Å². The first-order valence-corrected chi connectivity index (χ1v) is 8.50.